The molecule has 0 unspecified atom stereocenters. The van der Waals surface area contributed by atoms with Crippen LogP contribution in [-0.2, 0) is 30.5 Å². The van der Waals surface area contributed by atoms with Crippen LogP contribution in [0, 0.1) is 0 Å². The van der Waals surface area contributed by atoms with E-state index < -0.39 is 11.7 Å². The van der Waals surface area contributed by atoms with E-state index in [0.29, 0.717) is 32.2 Å². The molecule has 0 N–H and O–H groups in total. The molecule has 1 heterocycles. The molecule has 0 bridgehead atoms. The van der Waals surface area contributed by atoms with Crippen LogP contribution in [0.15, 0.2) is 48.5 Å². The van der Waals surface area contributed by atoms with Gasteiger partial charge in [-0.25, -0.2) is 0 Å². The highest BCUT2D eigenvalue weighted by atomic mass is 19.4. The van der Waals surface area contributed by atoms with Gasteiger partial charge in [-0.15, -0.1) is 0 Å². The number of nitrogens with zero attached hydrogens (tertiary/aromatic N) is 2. The van der Waals surface area contributed by atoms with E-state index in [4.69, 9.17) is 0 Å². The first kappa shape index (κ1) is 19.0. The van der Waals surface area contributed by atoms with Crippen molar-refractivity contribution >= 4 is 5.91 Å². The van der Waals surface area contributed by atoms with Crippen LogP contribution in [0.1, 0.15) is 35.1 Å². The molecule has 4 rings (SSSR count). The maximum Gasteiger partial charge on any atom is 0.416 e. The van der Waals surface area contributed by atoms with E-state index in [2.05, 4.69) is 17.0 Å². The molecule has 6 heteroatoms. The molecule has 1 fully saturated rings. The number of carbonyl (C=O) groups is 1. The van der Waals surface area contributed by atoms with Crippen molar-refractivity contribution in [1.29, 1.82) is 0 Å². The largest absolute Gasteiger partial charge is 0.416 e. The maximum absolute atomic E-state index is 12.9. The van der Waals surface area contributed by atoms with Gasteiger partial charge in [-0.1, -0.05) is 36.4 Å². The first-order chi connectivity index (χ1) is 13.4. The Morgan fingerprint density at radius 3 is 2.36 bits per heavy atom. The normalized spacial score (nSPS) is 16.9. The number of hydrogen-bond acceptors (Lipinski definition) is 2. The number of fused-ring (bicyclic) bond motifs is 1. The van der Waals surface area contributed by atoms with Crippen LogP contribution >= 0.6 is 0 Å². The maximum atomic E-state index is 12.9. The van der Waals surface area contributed by atoms with E-state index in [1.807, 2.05) is 17.0 Å². The Labute approximate surface area is 162 Å². The zero-order chi connectivity index (χ0) is 19.7. The molecule has 0 saturated heterocycles. The predicted octanol–water partition coefficient (Wildman–Crippen LogP) is 4.25. The number of halogens is 3. The quantitative estimate of drug-likeness (QED) is 0.764. The zero-order valence-electron chi connectivity index (χ0n) is 15.6. The van der Waals surface area contributed by atoms with Crippen LogP contribution in [0.2, 0.25) is 0 Å². The van der Waals surface area contributed by atoms with Crippen molar-refractivity contribution in [2.24, 2.45) is 0 Å². The molecule has 0 atom stereocenters. The van der Waals surface area contributed by atoms with Crippen LogP contribution in [0.25, 0.3) is 0 Å². The first-order valence-corrected chi connectivity index (χ1v) is 9.65. The van der Waals surface area contributed by atoms with Gasteiger partial charge >= 0.3 is 6.18 Å². The van der Waals surface area contributed by atoms with E-state index in [1.165, 1.54) is 23.3 Å². The van der Waals surface area contributed by atoms with Crippen LogP contribution in [-0.4, -0.2) is 34.8 Å². The van der Waals surface area contributed by atoms with Crippen molar-refractivity contribution < 1.29 is 18.0 Å². The minimum Gasteiger partial charge on any atom is -0.337 e. The van der Waals surface area contributed by atoms with E-state index in [0.717, 1.165) is 37.0 Å². The summed E-state index contributed by atoms with van der Waals surface area (Å²) in [5.74, 6) is 0.0910. The van der Waals surface area contributed by atoms with Gasteiger partial charge in [-0.05, 0) is 48.1 Å². The van der Waals surface area contributed by atoms with Crippen LogP contribution in [0.3, 0.4) is 0 Å². The lowest BCUT2D eigenvalue weighted by molar-refractivity contribution is -0.137. The number of hydrogen-bond donors (Lipinski definition) is 0. The zero-order valence-corrected chi connectivity index (χ0v) is 15.6. The van der Waals surface area contributed by atoms with Crippen LogP contribution < -0.4 is 0 Å². The Balaban J connectivity index is 1.40. The molecule has 0 radical (unpaired) electrons. The molecule has 3 nitrogen and oxygen atoms in total. The van der Waals surface area contributed by atoms with Crippen molar-refractivity contribution in [3.63, 3.8) is 0 Å². The fourth-order valence-electron chi connectivity index (χ4n) is 3.77. The lowest BCUT2D eigenvalue weighted by Gasteiger charge is -2.31. The summed E-state index contributed by atoms with van der Waals surface area (Å²) in [6, 6.07) is 13.8. The van der Waals surface area contributed by atoms with Crippen LogP contribution in [0.4, 0.5) is 13.2 Å². The fraction of sp³-hybridized carbons (Fsp3) is 0.409. The third-order valence-electron chi connectivity index (χ3n) is 5.55. The number of alkyl halides is 3. The number of amides is 1. The summed E-state index contributed by atoms with van der Waals surface area (Å²) in [7, 11) is 0. The summed E-state index contributed by atoms with van der Waals surface area (Å²) < 4.78 is 38.2. The highest BCUT2D eigenvalue weighted by Gasteiger charge is 2.33. The second-order valence-corrected chi connectivity index (χ2v) is 7.66. The molecule has 2 aromatic carbocycles. The van der Waals surface area contributed by atoms with Gasteiger partial charge in [0, 0.05) is 25.7 Å². The van der Waals surface area contributed by atoms with Crippen molar-refractivity contribution in [3.05, 3.63) is 70.8 Å². The monoisotopic (exact) mass is 388 g/mol. The molecule has 0 spiro atoms. The van der Waals surface area contributed by atoms with Gasteiger partial charge in [-0.2, -0.15) is 13.2 Å². The van der Waals surface area contributed by atoms with E-state index in [1.54, 1.807) is 0 Å². The van der Waals surface area contributed by atoms with Crippen LogP contribution in [0.5, 0.6) is 0 Å². The molecule has 0 aromatic heterocycles. The Morgan fingerprint density at radius 1 is 1.04 bits per heavy atom. The highest BCUT2D eigenvalue weighted by molar-refractivity contribution is 5.78. The summed E-state index contributed by atoms with van der Waals surface area (Å²) >= 11 is 0. The summed E-state index contributed by atoms with van der Waals surface area (Å²) in [6.45, 7) is 2.16. The second kappa shape index (κ2) is 7.59. The lowest BCUT2D eigenvalue weighted by Crippen LogP contribution is -2.43. The molecule has 148 valence electrons. The number of carbonyl (C=O) groups excluding carboxylic acids is 1. The third-order valence-corrected chi connectivity index (χ3v) is 5.55. The summed E-state index contributed by atoms with van der Waals surface area (Å²) in [5.41, 5.74) is 2.66. The van der Waals surface area contributed by atoms with Gasteiger partial charge in [0.25, 0.3) is 0 Å². The average Bonchev–Trinajstić information content (AvgIpc) is 3.52. The molecular weight excluding hydrogens is 365 g/mol. The standard InChI is InChI=1S/C22H23F3N2O/c23-22(24,25)19-7-5-16(6-8-19)13-27(20-9-10-20)15-21(28)26-12-11-17-3-1-2-4-18(17)14-26/h1-8,20H,9-15H2. The number of rotatable bonds is 5. The molecule has 2 aliphatic rings. The summed E-state index contributed by atoms with van der Waals surface area (Å²) in [6.07, 6.45) is -1.38. The van der Waals surface area contributed by atoms with E-state index in [-0.39, 0.29) is 5.91 Å². The minimum atomic E-state index is -4.32. The van der Waals surface area contributed by atoms with Gasteiger partial charge in [0.15, 0.2) is 0 Å². The van der Waals surface area contributed by atoms with Gasteiger partial charge in [-0.3, -0.25) is 9.69 Å². The van der Waals surface area contributed by atoms with Gasteiger partial charge in [0.05, 0.1) is 12.1 Å². The van der Waals surface area contributed by atoms with Crippen molar-refractivity contribution in [2.75, 3.05) is 13.1 Å². The van der Waals surface area contributed by atoms with Gasteiger partial charge < -0.3 is 4.90 Å². The average molecular weight is 388 g/mol. The second-order valence-electron chi connectivity index (χ2n) is 7.66. The Morgan fingerprint density at radius 2 is 1.71 bits per heavy atom. The minimum absolute atomic E-state index is 0.0910. The molecule has 1 amide bonds. The highest BCUT2D eigenvalue weighted by Crippen LogP contribution is 2.31. The van der Waals surface area contributed by atoms with Crippen molar-refractivity contribution in [1.82, 2.24) is 9.80 Å². The molecular formula is C22H23F3N2O. The number of benzene rings is 2. The van der Waals surface area contributed by atoms with Crippen molar-refractivity contribution in [2.45, 2.75) is 44.6 Å². The molecule has 1 saturated carbocycles. The van der Waals surface area contributed by atoms with E-state index >= 15 is 0 Å². The first-order valence-electron chi connectivity index (χ1n) is 9.65. The SMILES string of the molecule is O=C(CN(Cc1ccc(C(F)(F)F)cc1)C1CC1)N1CCc2ccccc2C1. The molecule has 1 aliphatic carbocycles. The Kier molecular flexibility index (Phi) is 5.15. The van der Waals surface area contributed by atoms with Gasteiger partial charge in [0.1, 0.15) is 0 Å². The van der Waals surface area contributed by atoms with E-state index in [9.17, 15) is 18.0 Å². The third kappa shape index (κ3) is 4.38. The predicted molar refractivity (Wildman–Crippen MR) is 100 cm³/mol. The molecule has 2 aromatic rings. The topological polar surface area (TPSA) is 23.6 Å². The summed E-state index contributed by atoms with van der Waals surface area (Å²) in [4.78, 5) is 16.9. The fourth-order valence-corrected chi connectivity index (χ4v) is 3.77. The van der Waals surface area contributed by atoms with Crippen molar-refractivity contribution in [3.8, 4) is 0 Å². The lowest BCUT2D eigenvalue weighted by atomic mass is 10.00. The Hall–Kier alpha value is -2.34. The summed E-state index contributed by atoms with van der Waals surface area (Å²) in [5, 5.41) is 0. The smallest absolute Gasteiger partial charge is 0.337 e. The molecule has 1 aliphatic heterocycles. The Bertz CT molecular complexity index is 844. The molecule has 28 heavy (non-hydrogen) atoms. The van der Waals surface area contributed by atoms with Gasteiger partial charge in [0.2, 0.25) is 5.91 Å².